The topological polar surface area (TPSA) is 65.4 Å². The van der Waals surface area contributed by atoms with Crippen LogP contribution in [0.3, 0.4) is 0 Å². The highest BCUT2D eigenvalue weighted by Gasteiger charge is 2.04. The standard InChI is InChI=1S/C15H21N3O2/c1-17-15(19)8-10-18(2)9-5-11-20-14-7-4-3-6-13(14)12-16/h3-4,6-7H,5,8-11H2,1-2H3,(H,17,19). The molecule has 0 aromatic heterocycles. The SMILES string of the molecule is CNC(=O)CCN(C)CCCOc1ccccc1C#N. The molecule has 1 rings (SSSR count). The molecule has 0 aliphatic carbocycles. The van der Waals surface area contributed by atoms with Crippen molar-refractivity contribution in [3.05, 3.63) is 29.8 Å². The summed E-state index contributed by atoms with van der Waals surface area (Å²) in [7, 11) is 3.62. The highest BCUT2D eigenvalue weighted by Crippen LogP contribution is 2.16. The number of nitriles is 1. The molecule has 0 spiro atoms. The van der Waals surface area contributed by atoms with Crippen molar-refractivity contribution >= 4 is 5.91 Å². The first-order chi connectivity index (χ1) is 9.67. The lowest BCUT2D eigenvalue weighted by molar-refractivity contribution is -0.120. The molecule has 0 saturated carbocycles. The Morgan fingerprint density at radius 1 is 1.40 bits per heavy atom. The highest BCUT2D eigenvalue weighted by atomic mass is 16.5. The normalized spacial score (nSPS) is 10.1. The number of rotatable bonds is 8. The third-order valence-corrected chi connectivity index (χ3v) is 2.95. The van der Waals surface area contributed by atoms with Gasteiger partial charge in [-0.15, -0.1) is 0 Å². The monoisotopic (exact) mass is 275 g/mol. The van der Waals surface area contributed by atoms with Gasteiger partial charge in [-0.2, -0.15) is 5.26 Å². The molecule has 5 heteroatoms. The molecule has 1 aromatic rings. The van der Waals surface area contributed by atoms with Crippen LogP contribution in [0.4, 0.5) is 0 Å². The van der Waals surface area contributed by atoms with Crippen LogP contribution in [0.2, 0.25) is 0 Å². The van der Waals surface area contributed by atoms with Gasteiger partial charge in [-0.05, 0) is 25.6 Å². The maximum atomic E-state index is 11.1. The quantitative estimate of drug-likeness (QED) is 0.728. The maximum absolute atomic E-state index is 11.1. The second-order valence-corrected chi connectivity index (χ2v) is 4.54. The van der Waals surface area contributed by atoms with Gasteiger partial charge in [0.15, 0.2) is 0 Å². The minimum absolute atomic E-state index is 0.0519. The number of carbonyl (C=O) groups is 1. The Hall–Kier alpha value is -2.06. The highest BCUT2D eigenvalue weighted by molar-refractivity contribution is 5.75. The number of amides is 1. The van der Waals surface area contributed by atoms with Crippen LogP contribution in [-0.4, -0.2) is 44.6 Å². The first-order valence-corrected chi connectivity index (χ1v) is 6.68. The van der Waals surface area contributed by atoms with E-state index in [4.69, 9.17) is 10.00 Å². The lowest BCUT2D eigenvalue weighted by atomic mass is 10.2. The summed E-state index contributed by atoms with van der Waals surface area (Å²) >= 11 is 0. The van der Waals surface area contributed by atoms with Gasteiger partial charge in [0, 0.05) is 26.6 Å². The van der Waals surface area contributed by atoms with E-state index in [1.165, 1.54) is 0 Å². The van der Waals surface area contributed by atoms with Crippen LogP contribution in [0.25, 0.3) is 0 Å². The molecule has 0 bridgehead atoms. The predicted octanol–water partition coefficient (Wildman–Crippen LogP) is 1.40. The molecule has 0 fully saturated rings. The third-order valence-electron chi connectivity index (χ3n) is 2.95. The van der Waals surface area contributed by atoms with Crippen molar-refractivity contribution in [3.63, 3.8) is 0 Å². The average molecular weight is 275 g/mol. The summed E-state index contributed by atoms with van der Waals surface area (Å²) in [5.74, 6) is 0.680. The van der Waals surface area contributed by atoms with E-state index in [1.807, 2.05) is 19.2 Å². The molecular formula is C15H21N3O2. The molecule has 20 heavy (non-hydrogen) atoms. The molecule has 0 heterocycles. The Morgan fingerprint density at radius 2 is 2.15 bits per heavy atom. The second-order valence-electron chi connectivity index (χ2n) is 4.54. The Bertz CT molecular complexity index is 468. The molecule has 1 amide bonds. The smallest absolute Gasteiger partial charge is 0.221 e. The summed E-state index contributed by atoms with van der Waals surface area (Å²) in [4.78, 5) is 13.2. The zero-order valence-corrected chi connectivity index (χ0v) is 12.1. The zero-order valence-electron chi connectivity index (χ0n) is 12.1. The van der Waals surface area contributed by atoms with Gasteiger partial charge in [0.05, 0.1) is 12.2 Å². The van der Waals surface area contributed by atoms with Gasteiger partial charge in [0.1, 0.15) is 11.8 Å². The fourth-order valence-electron chi connectivity index (χ4n) is 1.73. The summed E-state index contributed by atoms with van der Waals surface area (Å²) in [6, 6.07) is 9.32. The molecule has 1 aromatic carbocycles. The number of para-hydroxylation sites is 1. The number of hydrogen-bond donors (Lipinski definition) is 1. The molecule has 5 nitrogen and oxygen atoms in total. The van der Waals surface area contributed by atoms with Crippen LogP contribution in [-0.2, 0) is 4.79 Å². The van der Waals surface area contributed by atoms with Crippen molar-refractivity contribution in [2.24, 2.45) is 0 Å². The molecule has 0 atom stereocenters. The van der Waals surface area contributed by atoms with E-state index in [2.05, 4.69) is 16.3 Å². The van der Waals surface area contributed by atoms with Gasteiger partial charge >= 0.3 is 0 Å². The third kappa shape index (κ3) is 5.72. The summed E-state index contributed by atoms with van der Waals surface area (Å²) in [6.07, 6.45) is 1.36. The summed E-state index contributed by atoms with van der Waals surface area (Å²) < 4.78 is 5.60. The Morgan fingerprint density at radius 3 is 2.85 bits per heavy atom. The van der Waals surface area contributed by atoms with Crippen molar-refractivity contribution < 1.29 is 9.53 Å². The van der Waals surface area contributed by atoms with E-state index in [9.17, 15) is 4.79 Å². The Balaban J connectivity index is 2.21. The molecule has 0 radical (unpaired) electrons. The number of nitrogens with one attached hydrogen (secondary N) is 1. The van der Waals surface area contributed by atoms with Crippen molar-refractivity contribution in [2.45, 2.75) is 12.8 Å². The minimum atomic E-state index is 0.0519. The summed E-state index contributed by atoms with van der Waals surface area (Å²) in [5, 5.41) is 11.5. The van der Waals surface area contributed by atoms with E-state index in [0.717, 1.165) is 19.5 Å². The molecule has 1 N–H and O–H groups in total. The van der Waals surface area contributed by atoms with Crippen molar-refractivity contribution in [2.75, 3.05) is 33.8 Å². The van der Waals surface area contributed by atoms with E-state index in [-0.39, 0.29) is 5.91 Å². The molecule has 0 aliphatic rings. The molecule has 0 unspecified atom stereocenters. The van der Waals surface area contributed by atoms with E-state index in [1.54, 1.807) is 19.2 Å². The largest absolute Gasteiger partial charge is 0.492 e. The second kappa shape index (κ2) is 8.94. The lowest BCUT2D eigenvalue weighted by Crippen LogP contribution is -2.27. The van der Waals surface area contributed by atoms with Gasteiger partial charge in [-0.3, -0.25) is 4.79 Å². The molecule has 108 valence electrons. The van der Waals surface area contributed by atoms with Crippen LogP contribution in [0.15, 0.2) is 24.3 Å². The number of nitrogens with zero attached hydrogens (tertiary/aromatic N) is 2. The summed E-state index contributed by atoms with van der Waals surface area (Å²) in [5.41, 5.74) is 0.556. The van der Waals surface area contributed by atoms with Crippen LogP contribution in [0, 0.1) is 11.3 Å². The van der Waals surface area contributed by atoms with Gasteiger partial charge in [0.2, 0.25) is 5.91 Å². The van der Waals surface area contributed by atoms with Crippen molar-refractivity contribution in [3.8, 4) is 11.8 Å². The number of benzene rings is 1. The average Bonchev–Trinajstić information content (AvgIpc) is 2.49. The zero-order chi connectivity index (χ0) is 14.8. The molecular weight excluding hydrogens is 254 g/mol. The van der Waals surface area contributed by atoms with E-state index in [0.29, 0.717) is 24.3 Å². The van der Waals surface area contributed by atoms with Crippen molar-refractivity contribution in [1.82, 2.24) is 10.2 Å². The van der Waals surface area contributed by atoms with E-state index >= 15 is 0 Å². The van der Waals surface area contributed by atoms with Crippen molar-refractivity contribution in [1.29, 1.82) is 5.26 Å². The lowest BCUT2D eigenvalue weighted by Gasteiger charge is -2.16. The van der Waals surface area contributed by atoms with Gasteiger partial charge in [-0.1, -0.05) is 12.1 Å². The number of carbonyl (C=O) groups excluding carboxylic acids is 1. The Labute approximate surface area is 120 Å². The first kappa shape index (κ1) is 16.0. The van der Waals surface area contributed by atoms with Crippen LogP contribution in [0.5, 0.6) is 5.75 Å². The fraction of sp³-hybridized carbons (Fsp3) is 0.467. The van der Waals surface area contributed by atoms with Crippen LogP contribution >= 0.6 is 0 Å². The minimum Gasteiger partial charge on any atom is -0.492 e. The molecule has 0 aliphatic heterocycles. The predicted molar refractivity (Wildman–Crippen MR) is 77.4 cm³/mol. The number of hydrogen-bond acceptors (Lipinski definition) is 4. The van der Waals surface area contributed by atoms with Gasteiger partial charge in [0.25, 0.3) is 0 Å². The summed E-state index contributed by atoms with van der Waals surface area (Å²) in [6.45, 7) is 2.14. The maximum Gasteiger partial charge on any atom is 0.221 e. The van der Waals surface area contributed by atoms with Crippen LogP contribution in [0.1, 0.15) is 18.4 Å². The molecule has 0 saturated heterocycles. The first-order valence-electron chi connectivity index (χ1n) is 6.68. The van der Waals surface area contributed by atoms with E-state index < -0.39 is 0 Å². The van der Waals surface area contributed by atoms with Gasteiger partial charge in [-0.25, -0.2) is 0 Å². The fourth-order valence-corrected chi connectivity index (χ4v) is 1.73. The Kier molecular flexibility index (Phi) is 7.15. The van der Waals surface area contributed by atoms with Gasteiger partial charge < -0.3 is 15.0 Å². The van der Waals surface area contributed by atoms with Crippen LogP contribution < -0.4 is 10.1 Å². The number of ether oxygens (including phenoxy) is 1.